The fourth-order valence-electron chi connectivity index (χ4n) is 3.42. The van der Waals surface area contributed by atoms with Crippen LogP contribution in [-0.4, -0.2) is 28.3 Å². The van der Waals surface area contributed by atoms with Crippen LogP contribution in [0.2, 0.25) is 0 Å². The van der Waals surface area contributed by atoms with Crippen LogP contribution < -0.4 is 15.8 Å². The predicted octanol–water partition coefficient (Wildman–Crippen LogP) is 4.29. The van der Waals surface area contributed by atoms with Crippen LogP contribution in [0.4, 0.5) is 16.5 Å². The summed E-state index contributed by atoms with van der Waals surface area (Å²) in [6, 6.07) is 12.1. The number of rotatable bonds is 6. The number of benzene rings is 2. The minimum absolute atomic E-state index is 0.0255. The second kappa shape index (κ2) is 9.05. The monoisotopic (exact) mass is 515 g/mol. The molecule has 1 aromatic heterocycles. The zero-order valence-corrected chi connectivity index (χ0v) is 19.3. The number of hydrogen-bond acceptors (Lipinski definition) is 7. The minimum atomic E-state index is -0.584. The molecule has 32 heavy (non-hydrogen) atoms. The normalized spacial score (nSPS) is 15.6. The van der Waals surface area contributed by atoms with E-state index in [-0.39, 0.29) is 30.5 Å². The molecule has 1 unspecified atom stereocenters. The highest BCUT2D eigenvalue weighted by Gasteiger charge is 2.36. The lowest BCUT2D eigenvalue weighted by molar-refractivity contribution is -0.384. The molecule has 0 spiro atoms. The van der Waals surface area contributed by atoms with Gasteiger partial charge in [0.05, 0.1) is 22.2 Å². The SMILES string of the molecule is Cc1ccc([N+](=O)[O-])cc1N1CC(C(=O)NNc2nc(-c3ccc(Br)cc3)cs2)CC1=O. The van der Waals surface area contributed by atoms with E-state index in [1.807, 2.05) is 29.6 Å². The lowest BCUT2D eigenvalue weighted by Crippen LogP contribution is -2.36. The summed E-state index contributed by atoms with van der Waals surface area (Å²) in [6.07, 6.45) is 0.0255. The van der Waals surface area contributed by atoms with Gasteiger partial charge in [-0.25, -0.2) is 4.98 Å². The van der Waals surface area contributed by atoms with Crippen molar-refractivity contribution in [2.75, 3.05) is 16.9 Å². The Morgan fingerprint density at radius 3 is 2.75 bits per heavy atom. The zero-order chi connectivity index (χ0) is 22.8. The van der Waals surface area contributed by atoms with E-state index in [2.05, 4.69) is 31.8 Å². The highest BCUT2D eigenvalue weighted by Crippen LogP contribution is 2.31. The molecular weight excluding hydrogens is 498 g/mol. The quantitative estimate of drug-likeness (QED) is 0.373. The van der Waals surface area contributed by atoms with Crippen molar-refractivity contribution >= 4 is 55.6 Å². The molecule has 1 atom stereocenters. The summed E-state index contributed by atoms with van der Waals surface area (Å²) in [5.41, 5.74) is 8.24. The Balaban J connectivity index is 1.39. The van der Waals surface area contributed by atoms with Crippen molar-refractivity contribution in [3.05, 3.63) is 68.0 Å². The van der Waals surface area contributed by atoms with Gasteiger partial charge in [-0.05, 0) is 24.6 Å². The van der Waals surface area contributed by atoms with Crippen molar-refractivity contribution in [2.45, 2.75) is 13.3 Å². The number of aromatic nitrogens is 1. The largest absolute Gasteiger partial charge is 0.311 e. The van der Waals surface area contributed by atoms with Crippen LogP contribution in [0.3, 0.4) is 0 Å². The number of non-ortho nitro benzene ring substituents is 1. The van der Waals surface area contributed by atoms with Gasteiger partial charge < -0.3 is 4.90 Å². The van der Waals surface area contributed by atoms with Crippen LogP contribution in [0.1, 0.15) is 12.0 Å². The van der Waals surface area contributed by atoms with Gasteiger partial charge in [0.1, 0.15) is 0 Å². The van der Waals surface area contributed by atoms with Crippen molar-refractivity contribution in [3.63, 3.8) is 0 Å². The second-order valence-corrected chi connectivity index (χ2v) is 9.07. The summed E-state index contributed by atoms with van der Waals surface area (Å²) in [7, 11) is 0. The van der Waals surface area contributed by atoms with Crippen molar-refractivity contribution in [1.82, 2.24) is 10.4 Å². The molecule has 4 rings (SSSR count). The van der Waals surface area contributed by atoms with Gasteiger partial charge in [0.15, 0.2) is 0 Å². The molecule has 164 valence electrons. The Hall–Kier alpha value is -3.31. The highest BCUT2D eigenvalue weighted by molar-refractivity contribution is 9.10. The summed E-state index contributed by atoms with van der Waals surface area (Å²) >= 11 is 4.75. The van der Waals surface area contributed by atoms with E-state index in [0.717, 1.165) is 21.3 Å². The van der Waals surface area contributed by atoms with Gasteiger partial charge >= 0.3 is 0 Å². The molecule has 0 aliphatic carbocycles. The lowest BCUT2D eigenvalue weighted by Gasteiger charge is -2.19. The number of nitro benzene ring substituents is 1. The number of nitro groups is 1. The summed E-state index contributed by atoms with van der Waals surface area (Å²) < 4.78 is 0.975. The third-order valence-corrected chi connectivity index (χ3v) is 6.41. The Labute approximate surface area is 195 Å². The van der Waals surface area contributed by atoms with E-state index >= 15 is 0 Å². The van der Waals surface area contributed by atoms with Gasteiger partial charge in [0.2, 0.25) is 16.9 Å². The van der Waals surface area contributed by atoms with Gasteiger partial charge in [-0.1, -0.05) is 34.1 Å². The number of anilines is 2. The molecule has 1 aliphatic rings. The molecule has 1 aliphatic heterocycles. The summed E-state index contributed by atoms with van der Waals surface area (Å²) in [4.78, 5) is 41.6. The standard InChI is InChI=1S/C21H18BrN5O4S/c1-12-2-7-16(27(30)31)9-18(12)26-10-14(8-19(26)28)20(29)24-25-21-23-17(11-32-21)13-3-5-15(22)6-4-13/h2-7,9,11,14H,8,10H2,1H3,(H,23,25)(H,24,29). The summed E-state index contributed by atoms with van der Waals surface area (Å²) in [5.74, 6) is -1.18. The molecule has 0 saturated carbocycles. The fourth-order valence-corrected chi connectivity index (χ4v) is 4.36. The average Bonchev–Trinajstić information content (AvgIpc) is 3.40. The maximum absolute atomic E-state index is 12.6. The van der Waals surface area contributed by atoms with E-state index in [1.54, 1.807) is 13.0 Å². The van der Waals surface area contributed by atoms with Crippen molar-refractivity contribution in [3.8, 4) is 11.3 Å². The van der Waals surface area contributed by atoms with Crippen LogP contribution >= 0.6 is 27.3 Å². The maximum Gasteiger partial charge on any atom is 0.271 e. The molecule has 9 nitrogen and oxygen atoms in total. The molecule has 11 heteroatoms. The van der Waals surface area contributed by atoms with E-state index in [4.69, 9.17) is 0 Å². The molecule has 0 bridgehead atoms. The number of nitrogens with zero attached hydrogens (tertiary/aromatic N) is 3. The number of halogens is 1. The third kappa shape index (κ3) is 4.63. The number of thiazole rings is 1. The van der Waals surface area contributed by atoms with Gasteiger partial charge in [-0.3, -0.25) is 30.6 Å². The first-order valence-corrected chi connectivity index (χ1v) is 11.3. The van der Waals surface area contributed by atoms with Gasteiger partial charge in [-0.2, -0.15) is 0 Å². The Morgan fingerprint density at radius 1 is 1.28 bits per heavy atom. The molecule has 2 aromatic carbocycles. The summed E-state index contributed by atoms with van der Waals surface area (Å²) in [5, 5.41) is 13.5. The number of hydrogen-bond donors (Lipinski definition) is 2. The van der Waals surface area contributed by atoms with Gasteiger partial charge in [-0.15, -0.1) is 11.3 Å². The smallest absolute Gasteiger partial charge is 0.271 e. The minimum Gasteiger partial charge on any atom is -0.311 e. The first-order valence-electron chi connectivity index (χ1n) is 9.64. The predicted molar refractivity (Wildman–Crippen MR) is 125 cm³/mol. The van der Waals surface area contributed by atoms with Gasteiger partial charge in [0.25, 0.3) is 5.69 Å². The fraction of sp³-hybridized carbons (Fsp3) is 0.190. The Bertz CT molecular complexity index is 1200. The Kier molecular flexibility index (Phi) is 6.19. The van der Waals surface area contributed by atoms with Crippen LogP contribution in [0.15, 0.2) is 52.3 Å². The van der Waals surface area contributed by atoms with Crippen molar-refractivity contribution < 1.29 is 14.5 Å². The molecule has 2 amide bonds. The van der Waals surface area contributed by atoms with Crippen LogP contribution in [0, 0.1) is 23.0 Å². The van der Waals surface area contributed by atoms with Crippen molar-refractivity contribution in [1.29, 1.82) is 0 Å². The Morgan fingerprint density at radius 2 is 2.03 bits per heavy atom. The van der Waals surface area contributed by atoms with Gasteiger partial charge in [0, 0.05) is 40.5 Å². The molecular formula is C21H18BrN5O4S. The van der Waals surface area contributed by atoms with Crippen LogP contribution in [0.25, 0.3) is 11.3 Å². The number of carbonyl (C=O) groups excluding carboxylic acids is 2. The number of carbonyl (C=O) groups is 2. The number of aryl methyl sites for hydroxylation is 1. The molecule has 1 saturated heterocycles. The van der Waals surface area contributed by atoms with Crippen molar-refractivity contribution in [2.24, 2.45) is 5.92 Å². The topological polar surface area (TPSA) is 117 Å². The number of amides is 2. The van der Waals surface area contributed by atoms with E-state index in [0.29, 0.717) is 10.8 Å². The van der Waals surface area contributed by atoms with E-state index in [9.17, 15) is 19.7 Å². The first-order chi connectivity index (χ1) is 15.3. The first kappa shape index (κ1) is 21.9. The zero-order valence-electron chi connectivity index (χ0n) is 16.9. The highest BCUT2D eigenvalue weighted by atomic mass is 79.9. The van der Waals surface area contributed by atoms with E-state index < -0.39 is 10.8 Å². The summed E-state index contributed by atoms with van der Waals surface area (Å²) in [6.45, 7) is 1.92. The van der Waals surface area contributed by atoms with Crippen LogP contribution in [-0.2, 0) is 9.59 Å². The molecule has 2 N–H and O–H groups in total. The second-order valence-electron chi connectivity index (χ2n) is 7.29. The maximum atomic E-state index is 12.6. The third-order valence-electron chi connectivity index (χ3n) is 5.13. The lowest BCUT2D eigenvalue weighted by atomic mass is 10.1. The molecule has 1 fully saturated rings. The number of nitrogens with one attached hydrogen (secondary N) is 2. The molecule has 2 heterocycles. The average molecular weight is 516 g/mol. The number of hydrazine groups is 1. The van der Waals surface area contributed by atoms with E-state index in [1.165, 1.54) is 28.4 Å². The molecule has 0 radical (unpaired) electrons. The van der Waals surface area contributed by atoms with Crippen LogP contribution in [0.5, 0.6) is 0 Å². The molecule has 3 aromatic rings.